The van der Waals surface area contributed by atoms with Crippen molar-refractivity contribution in [1.82, 2.24) is 9.80 Å². The molecule has 4 nitrogen and oxygen atoms in total. The van der Waals surface area contributed by atoms with Crippen LogP contribution in [-0.4, -0.2) is 66.3 Å². The van der Waals surface area contributed by atoms with Crippen LogP contribution in [0.5, 0.6) is 0 Å². The van der Waals surface area contributed by atoms with Gasteiger partial charge in [0.25, 0.3) is 0 Å². The molecule has 2 atom stereocenters. The van der Waals surface area contributed by atoms with E-state index in [9.17, 15) is 5.11 Å². The maximum absolute atomic E-state index is 9.78. The molecule has 21 heavy (non-hydrogen) atoms. The van der Waals surface area contributed by atoms with Crippen LogP contribution in [0.15, 0.2) is 0 Å². The number of aliphatic hydroxyl groups excluding tert-OH is 1. The van der Waals surface area contributed by atoms with Crippen molar-refractivity contribution in [3.8, 4) is 0 Å². The summed E-state index contributed by atoms with van der Waals surface area (Å²) in [5, 5.41) is 9.78. The Morgan fingerprint density at radius 1 is 1.10 bits per heavy atom. The Hall–Kier alpha value is -0.160. The summed E-state index contributed by atoms with van der Waals surface area (Å²) in [6.07, 6.45) is 5.27. The van der Waals surface area contributed by atoms with Crippen LogP contribution in [-0.2, 0) is 0 Å². The molecular formula is C17H35N3O. The molecule has 3 N–H and O–H groups in total. The van der Waals surface area contributed by atoms with Crippen molar-refractivity contribution in [3.05, 3.63) is 0 Å². The summed E-state index contributed by atoms with van der Waals surface area (Å²) in [6.45, 7) is 12.7. The molecule has 0 aromatic heterocycles. The zero-order valence-electron chi connectivity index (χ0n) is 14.2. The lowest BCUT2D eigenvalue weighted by molar-refractivity contribution is 0.0416. The monoisotopic (exact) mass is 297 g/mol. The van der Waals surface area contributed by atoms with Gasteiger partial charge in [-0.25, -0.2) is 0 Å². The van der Waals surface area contributed by atoms with E-state index in [1.165, 1.54) is 45.3 Å². The van der Waals surface area contributed by atoms with Crippen molar-refractivity contribution in [2.75, 3.05) is 39.3 Å². The second-order valence-corrected chi connectivity index (χ2v) is 8.13. The molecule has 124 valence electrons. The van der Waals surface area contributed by atoms with E-state index in [0.717, 1.165) is 19.0 Å². The summed E-state index contributed by atoms with van der Waals surface area (Å²) in [5.41, 5.74) is 6.43. The van der Waals surface area contributed by atoms with Crippen molar-refractivity contribution in [2.45, 2.75) is 58.5 Å². The standard InChI is InChI=1S/C17H35N3O/c1-17(2,3)16(18)15(13-21)20-10-6-14(7-11-20)12-19-8-4-5-9-19/h14-16,21H,4-13,18H2,1-3H3. The molecule has 0 aliphatic carbocycles. The largest absolute Gasteiger partial charge is 0.395 e. The van der Waals surface area contributed by atoms with Gasteiger partial charge in [0.15, 0.2) is 0 Å². The zero-order valence-corrected chi connectivity index (χ0v) is 14.2. The molecule has 2 rings (SSSR count). The van der Waals surface area contributed by atoms with E-state index in [1.54, 1.807) is 0 Å². The molecule has 4 heteroatoms. The van der Waals surface area contributed by atoms with E-state index in [2.05, 4.69) is 30.6 Å². The summed E-state index contributed by atoms with van der Waals surface area (Å²) in [4.78, 5) is 5.06. The number of likely N-dealkylation sites (tertiary alicyclic amines) is 2. The molecule has 2 aliphatic heterocycles. The summed E-state index contributed by atoms with van der Waals surface area (Å²) in [7, 11) is 0. The maximum atomic E-state index is 9.78. The first-order chi connectivity index (χ1) is 9.91. The highest BCUT2D eigenvalue weighted by Crippen LogP contribution is 2.27. The lowest BCUT2D eigenvalue weighted by Crippen LogP contribution is -2.57. The lowest BCUT2D eigenvalue weighted by Gasteiger charge is -2.43. The maximum Gasteiger partial charge on any atom is 0.0602 e. The Morgan fingerprint density at radius 3 is 2.14 bits per heavy atom. The highest BCUT2D eigenvalue weighted by Gasteiger charge is 2.34. The number of hydrogen-bond acceptors (Lipinski definition) is 4. The predicted octanol–water partition coefficient (Wildman–Crippen LogP) is 1.53. The lowest BCUT2D eigenvalue weighted by atomic mass is 9.81. The summed E-state index contributed by atoms with van der Waals surface area (Å²) in [5.74, 6) is 0.838. The topological polar surface area (TPSA) is 52.7 Å². The van der Waals surface area contributed by atoms with E-state index in [4.69, 9.17) is 5.73 Å². The average Bonchev–Trinajstić information content (AvgIpc) is 2.93. The third-order valence-electron chi connectivity index (χ3n) is 5.43. The third-order valence-corrected chi connectivity index (χ3v) is 5.43. The van der Waals surface area contributed by atoms with Crippen LogP contribution in [0, 0.1) is 11.3 Å². The average molecular weight is 297 g/mol. The van der Waals surface area contributed by atoms with E-state index in [0.29, 0.717) is 0 Å². The highest BCUT2D eigenvalue weighted by molar-refractivity contribution is 4.91. The molecule has 0 spiro atoms. The highest BCUT2D eigenvalue weighted by atomic mass is 16.3. The van der Waals surface area contributed by atoms with E-state index in [1.807, 2.05) is 0 Å². The fourth-order valence-corrected chi connectivity index (χ4v) is 3.83. The number of hydrogen-bond donors (Lipinski definition) is 2. The van der Waals surface area contributed by atoms with Gasteiger partial charge < -0.3 is 15.7 Å². The Labute approximate surface area is 130 Å². The van der Waals surface area contributed by atoms with Crippen LogP contribution in [0.2, 0.25) is 0 Å². The first-order valence-corrected chi connectivity index (χ1v) is 8.74. The van der Waals surface area contributed by atoms with Gasteiger partial charge in [0.05, 0.1) is 6.61 Å². The zero-order chi connectivity index (χ0) is 15.5. The predicted molar refractivity (Wildman–Crippen MR) is 88.3 cm³/mol. The quantitative estimate of drug-likeness (QED) is 0.808. The number of piperidine rings is 1. The molecule has 2 saturated heterocycles. The molecule has 0 aromatic carbocycles. The number of nitrogens with two attached hydrogens (primary N) is 1. The van der Waals surface area contributed by atoms with Crippen LogP contribution < -0.4 is 5.73 Å². The van der Waals surface area contributed by atoms with E-state index in [-0.39, 0.29) is 24.1 Å². The van der Waals surface area contributed by atoms with Gasteiger partial charge >= 0.3 is 0 Å². The van der Waals surface area contributed by atoms with Gasteiger partial charge in [0, 0.05) is 18.6 Å². The summed E-state index contributed by atoms with van der Waals surface area (Å²) >= 11 is 0. The fourth-order valence-electron chi connectivity index (χ4n) is 3.83. The molecule has 2 unspecified atom stereocenters. The second kappa shape index (κ2) is 7.40. The van der Waals surface area contributed by atoms with Crippen LogP contribution in [0.4, 0.5) is 0 Å². The normalized spacial score (nSPS) is 26.1. The Bertz CT molecular complexity index is 302. The van der Waals surface area contributed by atoms with Gasteiger partial charge in [-0.05, 0) is 63.2 Å². The molecule has 0 aromatic rings. The van der Waals surface area contributed by atoms with Crippen molar-refractivity contribution in [2.24, 2.45) is 17.1 Å². The minimum absolute atomic E-state index is 0.0256. The van der Waals surface area contributed by atoms with Gasteiger partial charge in [-0.3, -0.25) is 4.90 Å². The molecular weight excluding hydrogens is 262 g/mol. The van der Waals surface area contributed by atoms with Gasteiger partial charge in [-0.15, -0.1) is 0 Å². The van der Waals surface area contributed by atoms with Crippen molar-refractivity contribution < 1.29 is 5.11 Å². The van der Waals surface area contributed by atoms with Crippen molar-refractivity contribution >= 4 is 0 Å². The number of aliphatic hydroxyl groups is 1. The van der Waals surface area contributed by atoms with Gasteiger partial charge in [-0.2, -0.15) is 0 Å². The fraction of sp³-hybridized carbons (Fsp3) is 1.00. The van der Waals surface area contributed by atoms with Crippen LogP contribution in [0.3, 0.4) is 0 Å². The van der Waals surface area contributed by atoms with Gasteiger partial charge in [-0.1, -0.05) is 20.8 Å². The Balaban J connectivity index is 1.81. The first-order valence-electron chi connectivity index (χ1n) is 8.74. The minimum atomic E-state index is 0.0256. The smallest absolute Gasteiger partial charge is 0.0602 e. The molecule has 2 heterocycles. The van der Waals surface area contributed by atoms with E-state index < -0.39 is 0 Å². The van der Waals surface area contributed by atoms with Crippen molar-refractivity contribution in [1.29, 1.82) is 0 Å². The molecule has 0 amide bonds. The van der Waals surface area contributed by atoms with Gasteiger partial charge in [0.1, 0.15) is 0 Å². The summed E-state index contributed by atoms with van der Waals surface area (Å²) in [6, 6.07) is 0.135. The molecule has 2 fully saturated rings. The molecule has 0 saturated carbocycles. The molecule has 2 aliphatic rings. The number of nitrogens with zero attached hydrogens (tertiary/aromatic N) is 2. The Morgan fingerprint density at radius 2 is 1.67 bits per heavy atom. The molecule has 0 radical (unpaired) electrons. The third kappa shape index (κ3) is 4.65. The SMILES string of the molecule is CC(C)(C)C(N)C(CO)N1CCC(CN2CCCC2)CC1. The molecule has 0 bridgehead atoms. The Kier molecular flexibility index (Phi) is 6.06. The van der Waals surface area contributed by atoms with Crippen LogP contribution in [0.1, 0.15) is 46.5 Å². The van der Waals surface area contributed by atoms with E-state index >= 15 is 0 Å². The van der Waals surface area contributed by atoms with Crippen molar-refractivity contribution in [3.63, 3.8) is 0 Å². The van der Waals surface area contributed by atoms with Crippen LogP contribution >= 0.6 is 0 Å². The first kappa shape index (κ1) is 17.2. The van der Waals surface area contributed by atoms with Crippen LogP contribution in [0.25, 0.3) is 0 Å². The number of rotatable bonds is 5. The minimum Gasteiger partial charge on any atom is -0.395 e. The summed E-state index contributed by atoms with van der Waals surface area (Å²) < 4.78 is 0. The van der Waals surface area contributed by atoms with Gasteiger partial charge in [0.2, 0.25) is 0 Å². The second-order valence-electron chi connectivity index (χ2n) is 8.13.